The first kappa shape index (κ1) is 11.7. The molecule has 0 spiro atoms. The average molecular weight is 234 g/mol. The summed E-state index contributed by atoms with van der Waals surface area (Å²) in [6.07, 6.45) is 9.05. The predicted molar refractivity (Wildman–Crippen MR) is 69.6 cm³/mol. The largest absolute Gasteiger partial charge is 0.299 e. The normalized spacial score (nSPS) is 49.5. The number of ketones is 1. The van der Waals surface area contributed by atoms with Crippen LogP contribution in [0.4, 0.5) is 0 Å². The van der Waals surface area contributed by atoms with Gasteiger partial charge in [-0.15, -0.1) is 0 Å². The molecule has 1 heteroatoms. The summed E-state index contributed by atoms with van der Waals surface area (Å²) in [6, 6.07) is 0. The van der Waals surface area contributed by atoms with E-state index in [1.807, 2.05) is 0 Å². The van der Waals surface area contributed by atoms with Crippen molar-refractivity contribution in [2.45, 2.75) is 58.8 Å². The number of carbonyl (C=O) groups excluding carboxylic acids is 1. The maximum atomic E-state index is 12.7. The Bertz CT molecular complexity index is 299. The van der Waals surface area contributed by atoms with Gasteiger partial charge in [-0.2, -0.15) is 0 Å². The second kappa shape index (κ2) is 4.40. The zero-order valence-corrected chi connectivity index (χ0v) is 11.3. The van der Waals surface area contributed by atoms with Crippen molar-refractivity contribution in [3.63, 3.8) is 0 Å². The van der Waals surface area contributed by atoms with E-state index in [1.165, 1.54) is 44.9 Å². The maximum Gasteiger partial charge on any atom is 0.139 e. The summed E-state index contributed by atoms with van der Waals surface area (Å²) in [7, 11) is 0. The van der Waals surface area contributed by atoms with Crippen LogP contribution in [0.15, 0.2) is 0 Å². The van der Waals surface area contributed by atoms with E-state index in [9.17, 15) is 4.79 Å². The first-order valence-electron chi connectivity index (χ1n) is 7.67. The highest BCUT2D eigenvalue weighted by molar-refractivity contribution is 5.84. The number of rotatable bonds is 2. The van der Waals surface area contributed by atoms with Gasteiger partial charge in [0, 0.05) is 11.8 Å². The molecule has 3 saturated carbocycles. The maximum absolute atomic E-state index is 12.7. The molecule has 0 aromatic heterocycles. The second-order valence-corrected chi connectivity index (χ2v) is 7.30. The minimum absolute atomic E-state index is 0.415. The molecule has 3 aliphatic carbocycles. The predicted octanol–water partition coefficient (Wildman–Crippen LogP) is 4.06. The molecule has 3 aliphatic rings. The third-order valence-electron chi connectivity index (χ3n) is 5.68. The van der Waals surface area contributed by atoms with E-state index in [1.54, 1.807) is 0 Å². The minimum Gasteiger partial charge on any atom is -0.299 e. The van der Waals surface area contributed by atoms with Crippen molar-refractivity contribution >= 4 is 5.78 Å². The molecule has 96 valence electrons. The number of hydrogen-bond donors (Lipinski definition) is 0. The molecule has 0 heterocycles. The Morgan fingerprint density at radius 2 is 1.59 bits per heavy atom. The third-order valence-corrected chi connectivity index (χ3v) is 5.68. The highest BCUT2D eigenvalue weighted by Gasteiger charge is 2.45. The molecule has 5 atom stereocenters. The SMILES string of the molecule is CC1CC(C)CC(C(=O)C2CC3CCC2C3)C1. The minimum atomic E-state index is 0.415. The highest BCUT2D eigenvalue weighted by Crippen LogP contribution is 2.50. The summed E-state index contributed by atoms with van der Waals surface area (Å²) < 4.78 is 0. The van der Waals surface area contributed by atoms with Crippen molar-refractivity contribution in [2.24, 2.45) is 35.5 Å². The zero-order chi connectivity index (χ0) is 12.0. The summed E-state index contributed by atoms with van der Waals surface area (Å²) in [6.45, 7) is 4.66. The van der Waals surface area contributed by atoms with Crippen LogP contribution in [0, 0.1) is 35.5 Å². The van der Waals surface area contributed by atoms with Gasteiger partial charge in [0.25, 0.3) is 0 Å². The fourth-order valence-corrected chi connectivity index (χ4v) is 5.08. The van der Waals surface area contributed by atoms with Crippen molar-refractivity contribution < 1.29 is 4.79 Å². The molecule has 17 heavy (non-hydrogen) atoms. The molecular formula is C16H26O. The summed E-state index contributed by atoms with van der Waals surface area (Å²) in [4.78, 5) is 12.7. The Balaban J connectivity index is 1.65. The standard InChI is InChI=1S/C16H26O/c1-10-5-11(2)7-14(6-10)16(17)15-9-12-3-4-13(15)8-12/h10-15H,3-9H2,1-2H3. The Hall–Kier alpha value is -0.330. The van der Waals surface area contributed by atoms with Crippen LogP contribution in [-0.2, 0) is 4.79 Å². The molecule has 0 amide bonds. The third kappa shape index (κ3) is 2.18. The van der Waals surface area contributed by atoms with Crippen LogP contribution in [0.5, 0.6) is 0 Å². The van der Waals surface area contributed by atoms with E-state index in [4.69, 9.17) is 0 Å². The fraction of sp³-hybridized carbons (Fsp3) is 0.938. The Morgan fingerprint density at radius 3 is 2.12 bits per heavy atom. The van der Waals surface area contributed by atoms with Gasteiger partial charge in [-0.05, 0) is 62.2 Å². The number of hydrogen-bond acceptors (Lipinski definition) is 1. The van der Waals surface area contributed by atoms with Crippen LogP contribution >= 0.6 is 0 Å². The van der Waals surface area contributed by atoms with E-state index in [0.717, 1.165) is 23.7 Å². The van der Waals surface area contributed by atoms with Crippen LogP contribution in [0.1, 0.15) is 58.8 Å². The smallest absolute Gasteiger partial charge is 0.139 e. The molecule has 0 saturated heterocycles. The molecule has 0 aromatic rings. The first-order chi connectivity index (χ1) is 8.13. The summed E-state index contributed by atoms with van der Waals surface area (Å²) in [5, 5.41) is 0. The van der Waals surface area contributed by atoms with Crippen LogP contribution < -0.4 is 0 Å². The van der Waals surface area contributed by atoms with Crippen molar-refractivity contribution in [1.29, 1.82) is 0 Å². The van der Waals surface area contributed by atoms with E-state index >= 15 is 0 Å². The molecule has 5 unspecified atom stereocenters. The van der Waals surface area contributed by atoms with E-state index in [0.29, 0.717) is 17.6 Å². The van der Waals surface area contributed by atoms with Gasteiger partial charge in [-0.3, -0.25) is 4.79 Å². The van der Waals surface area contributed by atoms with Crippen LogP contribution in [0.2, 0.25) is 0 Å². The molecule has 3 fully saturated rings. The zero-order valence-electron chi connectivity index (χ0n) is 11.3. The lowest BCUT2D eigenvalue weighted by molar-refractivity contribution is -0.130. The lowest BCUT2D eigenvalue weighted by Gasteiger charge is -2.33. The van der Waals surface area contributed by atoms with Gasteiger partial charge in [-0.25, -0.2) is 0 Å². The molecule has 0 radical (unpaired) electrons. The Morgan fingerprint density at radius 1 is 0.882 bits per heavy atom. The lowest BCUT2D eigenvalue weighted by atomic mass is 9.70. The summed E-state index contributed by atoms with van der Waals surface area (Å²) >= 11 is 0. The van der Waals surface area contributed by atoms with Crippen molar-refractivity contribution in [1.82, 2.24) is 0 Å². The summed E-state index contributed by atoms with van der Waals surface area (Å²) in [5.41, 5.74) is 0. The van der Waals surface area contributed by atoms with Crippen molar-refractivity contribution in [3.05, 3.63) is 0 Å². The van der Waals surface area contributed by atoms with Crippen LogP contribution in [0.25, 0.3) is 0 Å². The van der Waals surface area contributed by atoms with Gasteiger partial charge >= 0.3 is 0 Å². The topological polar surface area (TPSA) is 17.1 Å². The number of Topliss-reactive ketones (excluding diaryl/α,β-unsaturated/α-hetero) is 1. The van der Waals surface area contributed by atoms with E-state index in [2.05, 4.69) is 13.8 Å². The van der Waals surface area contributed by atoms with Crippen molar-refractivity contribution in [2.75, 3.05) is 0 Å². The molecule has 0 N–H and O–H groups in total. The Labute approximate surface area is 105 Å². The average Bonchev–Trinajstić information content (AvgIpc) is 2.88. The molecule has 0 aromatic carbocycles. The van der Waals surface area contributed by atoms with Gasteiger partial charge in [0.1, 0.15) is 5.78 Å². The molecule has 3 rings (SSSR count). The monoisotopic (exact) mass is 234 g/mol. The number of fused-ring (bicyclic) bond motifs is 2. The van der Waals surface area contributed by atoms with Gasteiger partial charge in [-0.1, -0.05) is 20.3 Å². The quantitative estimate of drug-likeness (QED) is 0.704. The fourth-order valence-electron chi connectivity index (χ4n) is 5.08. The van der Waals surface area contributed by atoms with Gasteiger partial charge in [0.2, 0.25) is 0 Å². The van der Waals surface area contributed by atoms with Gasteiger partial charge < -0.3 is 0 Å². The van der Waals surface area contributed by atoms with Gasteiger partial charge in [0.05, 0.1) is 0 Å². The lowest BCUT2D eigenvalue weighted by Crippen LogP contribution is -2.32. The van der Waals surface area contributed by atoms with Crippen LogP contribution in [0.3, 0.4) is 0 Å². The van der Waals surface area contributed by atoms with Crippen LogP contribution in [-0.4, -0.2) is 5.78 Å². The highest BCUT2D eigenvalue weighted by atomic mass is 16.1. The van der Waals surface area contributed by atoms with E-state index in [-0.39, 0.29) is 0 Å². The molecule has 1 nitrogen and oxygen atoms in total. The molecule has 0 aliphatic heterocycles. The molecule has 2 bridgehead atoms. The number of carbonyl (C=O) groups is 1. The first-order valence-corrected chi connectivity index (χ1v) is 7.67. The second-order valence-electron chi connectivity index (χ2n) is 7.30. The van der Waals surface area contributed by atoms with Gasteiger partial charge in [0.15, 0.2) is 0 Å². The molecular weight excluding hydrogens is 208 g/mol. The van der Waals surface area contributed by atoms with Crippen molar-refractivity contribution in [3.8, 4) is 0 Å². The summed E-state index contributed by atoms with van der Waals surface area (Å²) in [5.74, 6) is 4.77. The van der Waals surface area contributed by atoms with E-state index < -0.39 is 0 Å². The Kier molecular flexibility index (Phi) is 3.04.